The van der Waals surface area contributed by atoms with Crippen LogP contribution < -0.4 is 5.32 Å². The van der Waals surface area contributed by atoms with Crippen LogP contribution in [0.2, 0.25) is 0 Å². The van der Waals surface area contributed by atoms with Crippen LogP contribution in [0.3, 0.4) is 0 Å². The molecule has 0 fully saturated rings. The Bertz CT molecular complexity index is 258. The molecule has 0 aliphatic heterocycles. The van der Waals surface area contributed by atoms with Crippen molar-refractivity contribution in [2.24, 2.45) is 5.92 Å². The molecule has 5 heteroatoms. The Kier molecular flexibility index (Phi) is 5.44. The summed E-state index contributed by atoms with van der Waals surface area (Å²) in [6, 6.07) is 0. The zero-order chi connectivity index (χ0) is 12.9. The molecule has 94 valence electrons. The summed E-state index contributed by atoms with van der Waals surface area (Å²) in [4.78, 5) is 23.9. The van der Waals surface area contributed by atoms with E-state index in [1.54, 1.807) is 18.9 Å². The summed E-state index contributed by atoms with van der Waals surface area (Å²) in [6.07, 6.45) is 0. The summed E-state index contributed by atoms with van der Waals surface area (Å²) in [6.45, 7) is 7.93. The lowest BCUT2D eigenvalue weighted by Crippen LogP contribution is -2.46. The van der Waals surface area contributed by atoms with Gasteiger partial charge in [-0.3, -0.25) is 14.5 Å². The van der Waals surface area contributed by atoms with Gasteiger partial charge in [0.05, 0.1) is 12.5 Å². The molecule has 0 aromatic heterocycles. The molecule has 1 amide bonds. The summed E-state index contributed by atoms with van der Waals surface area (Å²) in [5, 5.41) is 11.5. The molecule has 0 radical (unpaired) electrons. The van der Waals surface area contributed by atoms with Gasteiger partial charge in [0.1, 0.15) is 0 Å². The fourth-order valence-electron chi connectivity index (χ4n) is 1.31. The molecule has 0 aliphatic rings. The third-order valence-electron chi connectivity index (χ3n) is 1.94. The minimum absolute atomic E-state index is 0.0902. The summed E-state index contributed by atoms with van der Waals surface area (Å²) in [7, 11) is 1.74. The molecule has 0 saturated heterocycles. The number of carboxylic acids is 1. The molecule has 0 bridgehead atoms. The lowest BCUT2D eigenvalue weighted by Gasteiger charge is -2.24. The van der Waals surface area contributed by atoms with Crippen LogP contribution in [0.25, 0.3) is 0 Å². The van der Waals surface area contributed by atoms with Gasteiger partial charge in [0.25, 0.3) is 0 Å². The van der Waals surface area contributed by atoms with Crippen LogP contribution in [0.15, 0.2) is 0 Å². The van der Waals surface area contributed by atoms with E-state index in [0.717, 1.165) is 0 Å². The van der Waals surface area contributed by atoms with Crippen LogP contribution in [0.5, 0.6) is 0 Å². The summed E-state index contributed by atoms with van der Waals surface area (Å²) in [5.41, 5.74) is -0.254. The molecule has 0 aromatic rings. The SMILES string of the molecule is CC(CN(C)CC(=O)NC(C)(C)C)C(=O)O. The second-order valence-electron chi connectivity index (χ2n) is 5.23. The Balaban J connectivity index is 4.01. The Labute approximate surface area is 96.8 Å². The van der Waals surface area contributed by atoms with Crippen molar-refractivity contribution in [1.29, 1.82) is 0 Å². The number of carbonyl (C=O) groups excluding carboxylic acids is 1. The van der Waals surface area contributed by atoms with E-state index < -0.39 is 11.9 Å². The molecular formula is C11H22N2O3. The van der Waals surface area contributed by atoms with E-state index in [1.165, 1.54) is 0 Å². The first-order valence-corrected chi connectivity index (χ1v) is 5.34. The normalized spacial score (nSPS) is 13.6. The van der Waals surface area contributed by atoms with Gasteiger partial charge >= 0.3 is 5.97 Å². The van der Waals surface area contributed by atoms with Gasteiger partial charge in [0.2, 0.25) is 5.91 Å². The molecule has 1 unspecified atom stereocenters. The van der Waals surface area contributed by atoms with Crippen molar-refractivity contribution in [3.8, 4) is 0 Å². The van der Waals surface area contributed by atoms with E-state index in [-0.39, 0.29) is 18.0 Å². The van der Waals surface area contributed by atoms with Crippen LogP contribution >= 0.6 is 0 Å². The number of carbonyl (C=O) groups is 2. The van der Waals surface area contributed by atoms with Gasteiger partial charge in [0, 0.05) is 12.1 Å². The first kappa shape index (κ1) is 14.9. The van der Waals surface area contributed by atoms with Gasteiger partial charge in [0.15, 0.2) is 0 Å². The van der Waals surface area contributed by atoms with E-state index >= 15 is 0 Å². The lowest BCUT2D eigenvalue weighted by atomic mass is 10.1. The lowest BCUT2D eigenvalue weighted by molar-refractivity contribution is -0.142. The standard InChI is InChI=1S/C11H22N2O3/c1-8(10(15)16)6-13(5)7-9(14)12-11(2,3)4/h8H,6-7H2,1-5H3,(H,12,14)(H,15,16). The monoisotopic (exact) mass is 230 g/mol. The number of carboxylic acid groups (broad SMARTS) is 1. The first-order chi connectivity index (χ1) is 7.11. The highest BCUT2D eigenvalue weighted by Gasteiger charge is 2.18. The minimum Gasteiger partial charge on any atom is -0.481 e. The molecular weight excluding hydrogens is 208 g/mol. The zero-order valence-corrected chi connectivity index (χ0v) is 10.7. The maximum absolute atomic E-state index is 11.5. The number of likely N-dealkylation sites (N-methyl/N-ethyl adjacent to an activating group) is 1. The van der Waals surface area contributed by atoms with Crippen LogP contribution in [-0.4, -0.2) is 47.6 Å². The van der Waals surface area contributed by atoms with E-state index in [1.807, 2.05) is 20.8 Å². The smallest absolute Gasteiger partial charge is 0.307 e. The Morgan fingerprint density at radius 2 is 1.88 bits per heavy atom. The van der Waals surface area contributed by atoms with E-state index in [2.05, 4.69) is 5.32 Å². The van der Waals surface area contributed by atoms with Crippen molar-refractivity contribution in [2.75, 3.05) is 20.1 Å². The number of amides is 1. The quantitative estimate of drug-likeness (QED) is 0.724. The van der Waals surface area contributed by atoms with Crippen LogP contribution in [-0.2, 0) is 9.59 Å². The summed E-state index contributed by atoms with van der Waals surface area (Å²) in [5.74, 6) is -1.40. The maximum atomic E-state index is 11.5. The zero-order valence-electron chi connectivity index (χ0n) is 10.7. The van der Waals surface area contributed by atoms with Gasteiger partial charge in [-0.05, 0) is 27.8 Å². The second kappa shape index (κ2) is 5.84. The Hall–Kier alpha value is -1.10. The van der Waals surface area contributed by atoms with Gasteiger partial charge < -0.3 is 10.4 Å². The van der Waals surface area contributed by atoms with Crippen molar-refractivity contribution in [1.82, 2.24) is 10.2 Å². The molecule has 0 aliphatic carbocycles. The molecule has 16 heavy (non-hydrogen) atoms. The summed E-state index contributed by atoms with van der Waals surface area (Å²) >= 11 is 0. The van der Waals surface area contributed by atoms with E-state index in [4.69, 9.17) is 5.11 Å². The fourth-order valence-corrected chi connectivity index (χ4v) is 1.31. The Morgan fingerprint density at radius 3 is 2.25 bits per heavy atom. The van der Waals surface area contributed by atoms with Crippen molar-refractivity contribution >= 4 is 11.9 Å². The van der Waals surface area contributed by atoms with Gasteiger partial charge in [-0.25, -0.2) is 0 Å². The third kappa shape index (κ3) is 7.23. The molecule has 0 saturated carbocycles. The van der Waals surface area contributed by atoms with Crippen LogP contribution in [0, 0.1) is 5.92 Å². The topological polar surface area (TPSA) is 69.6 Å². The number of hydrogen-bond acceptors (Lipinski definition) is 3. The molecule has 2 N–H and O–H groups in total. The molecule has 5 nitrogen and oxygen atoms in total. The Morgan fingerprint density at radius 1 is 1.38 bits per heavy atom. The number of rotatable bonds is 5. The van der Waals surface area contributed by atoms with Crippen molar-refractivity contribution in [3.63, 3.8) is 0 Å². The first-order valence-electron chi connectivity index (χ1n) is 5.34. The highest BCUT2D eigenvalue weighted by Crippen LogP contribution is 2.00. The molecule has 0 rings (SSSR count). The second-order valence-corrected chi connectivity index (χ2v) is 5.23. The van der Waals surface area contributed by atoms with Gasteiger partial charge in [-0.15, -0.1) is 0 Å². The molecule has 0 heterocycles. The van der Waals surface area contributed by atoms with E-state index in [9.17, 15) is 9.59 Å². The van der Waals surface area contributed by atoms with Crippen LogP contribution in [0.1, 0.15) is 27.7 Å². The highest BCUT2D eigenvalue weighted by atomic mass is 16.4. The average molecular weight is 230 g/mol. The van der Waals surface area contributed by atoms with E-state index in [0.29, 0.717) is 6.54 Å². The third-order valence-corrected chi connectivity index (χ3v) is 1.94. The minimum atomic E-state index is -0.844. The number of nitrogens with zero attached hydrogens (tertiary/aromatic N) is 1. The van der Waals surface area contributed by atoms with Gasteiger partial charge in [-0.1, -0.05) is 6.92 Å². The van der Waals surface area contributed by atoms with Gasteiger partial charge in [-0.2, -0.15) is 0 Å². The number of aliphatic carboxylic acids is 1. The van der Waals surface area contributed by atoms with Crippen molar-refractivity contribution < 1.29 is 14.7 Å². The predicted molar refractivity (Wildman–Crippen MR) is 62.2 cm³/mol. The molecule has 1 atom stereocenters. The highest BCUT2D eigenvalue weighted by molar-refractivity contribution is 5.78. The van der Waals surface area contributed by atoms with Crippen molar-refractivity contribution in [2.45, 2.75) is 33.2 Å². The largest absolute Gasteiger partial charge is 0.481 e. The average Bonchev–Trinajstić information content (AvgIpc) is 1.98. The molecule has 0 aromatic carbocycles. The number of hydrogen-bond donors (Lipinski definition) is 2. The predicted octanol–water partition coefficient (Wildman–Crippen LogP) is 0.554. The summed E-state index contributed by atoms with van der Waals surface area (Å²) < 4.78 is 0. The molecule has 0 spiro atoms. The van der Waals surface area contributed by atoms with Crippen molar-refractivity contribution in [3.05, 3.63) is 0 Å². The fraction of sp³-hybridized carbons (Fsp3) is 0.818. The number of nitrogens with one attached hydrogen (secondary N) is 1. The van der Waals surface area contributed by atoms with Crippen LogP contribution in [0.4, 0.5) is 0 Å². The maximum Gasteiger partial charge on any atom is 0.307 e.